The molecule has 0 radical (unpaired) electrons. The standard InChI is InChI=1S/C18H14O6/c1-10-2-4-13-11(7-17(21)24-16(13)6-10)9-23-18(22)14-5-3-12(19)8-15(14)20/h2-8,19-20H,9H2,1H3. The van der Waals surface area contributed by atoms with Crippen molar-refractivity contribution in [2.75, 3.05) is 0 Å². The van der Waals surface area contributed by atoms with Gasteiger partial charge in [0.05, 0.1) is 0 Å². The summed E-state index contributed by atoms with van der Waals surface area (Å²) < 4.78 is 10.3. The van der Waals surface area contributed by atoms with E-state index in [4.69, 9.17) is 9.15 Å². The quantitative estimate of drug-likeness (QED) is 0.567. The van der Waals surface area contributed by atoms with E-state index in [-0.39, 0.29) is 23.7 Å². The number of ether oxygens (including phenoxy) is 1. The third-order valence-corrected chi connectivity index (χ3v) is 3.55. The molecular formula is C18H14O6. The van der Waals surface area contributed by atoms with Crippen LogP contribution in [0.4, 0.5) is 0 Å². The van der Waals surface area contributed by atoms with Gasteiger partial charge in [0, 0.05) is 23.1 Å². The first-order valence-electron chi connectivity index (χ1n) is 7.16. The van der Waals surface area contributed by atoms with E-state index < -0.39 is 11.6 Å². The van der Waals surface area contributed by atoms with Crippen molar-refractivity contribution in [3.63, 3.8) is 0 Å². The number of aryl methyl sites for hydroxylation is 1. The third kappa shape index (κ3) is 3.08. The molecular weight excluding hydrogens is 312 g/mol. The van der Waals surface area contributed by atoms with Crippen LogP contribution in [0.25, 0.3) is 11.0 Å². The molecule has 0 amide bonds. The number of phenolic OH excluding ortho intramolecular Hbond substituents is 2. The fraction of sp³-hybridized carbons (Fsp3) is 0.111. The lowest BCUT2D eigenvalue weighted by Crippen LogP contribution is -2.08. The second-order valence-electron chi connectivity index (χ2n) is 5.37. The predicted molar refractivity (Wildman–Crippen MR) is 86.1 cm³/mol. The summed E-state index contributed by atoms with van der Waals surface area (Å²) in [5, 5.41) is 19.6. The van der Waals surface area contributed by atoms with E-state index >= 15 is 0 Å². The smallest absolute Gasteiger partial charge is 0.342 e. The van der Waals surface area contributed by atoms with Crippen LogP contribution in [0.1, 0.15) is 21.5 Å². The molecule has 0 spiro atoms. The summed E-state index contributed by atoms with van der Waals surface area (Å²) in [4.78, 5) is 23.7. The molecule has 1 heterocycles. The molecule has 3 aromatic rings. The highest BCUT2D eigenvalue weighted by molar-refractivity contribution is 5.92. The highest BCUT2D eigenvalue weighted by Crippen LogP contribution is 2.24. The summed E-state index contributed by atoms with van der Waals surface area (Å²) in [7, 11) is 0. The molecule has 0 bridgehead atoms. The number of aromatic hydroxyl groups is 2. The Morgan fingerprint density at radius 1 is 1.12 bits per heavy atom. The van der Waals surface area contributed by atoms with Gasteiger partial charge in [-0.25, -0.2) is 9.59 Å². The number of hydrogen-bond donors (Lipinski definition) is 2. The monoisotopic (exact) mass is 326 g/mol. The predicted octanol–water partition coefficient (Wildman–Crippen LogP) is 2.87. The first-order chi connectivity index (χ1) is 11.4. The lowest BCUT2D eigenvalue weighted by Gasteiger charge is -2.08. The van der Waals surface area contributed by atoms with Crippen LogP contribution >= 0.6 is 0 Å². The van der Waals surface area contributed by atoms with Gasteiger partial charge in [-0.2, -0.15) is 0 Å². The fourth-order valence-corrected chi connectivity index (χ4v) is 2.37. The van der Waals surface area contributed by atoms with Crippen molar-refractivity contribution in [3.05, 3.63) is 69.6 Å². The molecule has 2 aromatic carbocycles. The van der Waals surface area contributed by atoms with Crippen LogP contribution in [-0.2, 0) is 11.3 Å². The Morgan fingerprint density at radius 3 is 2.67 bits per heavy atom. The molecule has 0 aliphatic carbocycles. The highest BCUT2D eigenvalue weighted by atomic mass is 16.5. The van der Waals surface area contributed by atoms with Gasteiger partial charge < -0.3 is 19.4 Å². The fourth-order valence-electron chi connectivity index (χ4n) is 2.37. The Bertz CT molecular complexity index is 986. The van der Waals surface area contributed by atoms with Gasteiger partial charge in [0.25, 0.3) is 0 Å². The van der Waals surface area contributed by atoms with Gasteiger partial charge in [-0.15, -0.1) is 0 Å². The topological polar surface area (TPSA) is 97.0 Å². The summed E-state index contributed by atoms with van der Waals surface area (Å²) in [5.74, 6) is -1.31. The van der Waals surface area contributed by atoms with Gasteiger partial charge >= 0.3 is 11.6 Å². The first-order valence-corrected chi connectivity index (χ1v) is 7.16. The van der Waals surface area contributed by atoms with Crippen LogP contribution in [-0.4, -0.2) is 16.2 Å². The Hall–Kier alpha value is -3.28. The molecule has 24 heavy (non-hydrogen) atoms. The second kappa shape index (κ2) is 6.08. The molecule has 0 aliphatic rings. The number of rotatable bonds is 3. The number of hydrogen-bond acceptors (Lipinski definition) is 6. The van der Waals surface area contributed by atoms with Crippen LogP contribution < -0.4 is 5.63 Å². The largest absolute Gasteiger partial charge is 0.508 e. The first kappa shape index (κ1) is 15.6. The third-order valence-electron chi connectivity index (χ3n) is 3.55. The van der Waals surface area contributed by atoms with E-state index in [1.54, 1.807) is 12.1 Å². The Kier molecular flexibility index (Phi) is 3.95. The van der Waals surface area contributed by atoms with Crippen LogP contribution in [0, 0.1) is 6.92 Å². The van der Waals surface area contributed by atoms with Crippen molar-refractivity contribution in [2.24, 2.45) is 0 Å². The molecule has 122 valence electrons. The van der Waals surface area contributed by atoms with E-state index in [0.717, 1.165) is 11.6 Å². The minimum Gasteiger partial charge on any atom is -0.508 e. The lowest BCUT2D eigenvalue weighted by atomic mass is 10.1. The normalized spacial score (nSPS) is 10.7. The Labute approximate surface area is 136 Å². The number of fused-ring (bicyclic) bond motifs is 1. The average molecular weight is 326 g/mol. The van der Waals surface area contributed by atoms with Gasteiger partial charge in [0.2, 0.25) is 0 Å². The maximum absolute atomic E-state index is 12.1. The lowest BCUT2D eigenvalue weighted by molar-refractivity contribution is 0.0470. The molecule has 0 saturated heterocycles. The van der Waals surface area contributed by atoms with Crippen molar-refractivity contribution >= 4 is 16.9 Å². The van der Waals surface area contributed by atoms with Gasteiger partial charge in [-0.05, 0) is 30.7 Å². The second-order valence-corrected chi connectivity index (χ2v) is 5.37. The van der Waals surface area contributed by atoms with E-state index in [1.807, 2.05) is 13.0 Å². The Balaban J connectivity index is 1.88. The molecule has 0 aliphatic heterocycles. The summed E-state index contributed by atoms with van der Waals surface area (Å²) >= 11 is 0. The number of carbonyl (C=O) groups is 1. The molecule has 6 nitrogen and oxygen atoms in total. The number of phenols is 2. The number of carbonyl (C=O) groups excluding carboxylic acids is 1. The summed E-state index contributed by atoms with van der Waals surface area (Å²) in [5.41, 5.74) is 1.25. The summed E-state index contributed by atoms with van der Waals surface area (Å²) in [6.07, 6.45) is 0. The van der Waals surface area contributed by atoms with Crippen LogP contribution in [0.2, 0.25) is 0 Å². The van der Waals surface area contributed by atoms with Gasteiger partial charge in [0.1, 0.15) is 29.3 Å². The Morgan fingerprint density at radius 2 is 1.92 bits per heavy atom. The summed E-state index contributed by atoms with van der Waals surface area (Å²) in [6.45, 7) is 1.73. The zero-order chi connectivity index (χ0) is 17.3. The van der Waals surface area contributed by atoms with Crippen molar-refractivity contribution in [1.82, 2.24) is 0 Å². The SMILES string of the molecule is Cc1ccc2c(COC(=O)c3ccc(O)cc3O)cc(=O)oc2c1. The van der Waals surface area contributed by atoms with E-state index in [2.05, 4.69) is 0 Å². The molecule has 3 rings (SSSR count). The molecule has 0 unspecified atom stereocenters. The minimum absolute atomic E-state index is 0.0732. The van der Waals surface area contributed by atoms with Crippen molar-refractivity contribution < 1.29 is 24.2 Å². The van der Waals surface area contributed by atoms with Crippen molar-refractivity contribution in [3.8, 4) is 11.5 Å². The molecule has 0 atom stereocenters. The van der Waals surface area contributed by atoms with Gasteiger partial charge in [0.15, 0.2) is 0 Å². The molecule has 1 aromatic heterocycles. The summed E-state index contributed by atoms with van der Waals surface area (Å²) in [6, 6.07) is 10.2. The minimum atomic E-state index is -0.763. The van der Waals surface area contributed by atoms with E-state index in [1.165, 1.54) is 18.2 Å². The molecule has 0 fully saturated rings. The van der Waals surface area contributed by atoms with E-state index in [0.29, 0.717) is 16.5 Å². The van der Waals surface area contributed by atoms with Crippen molar-refractivity contribution in [1.29, 1.82) is 0 Å². The van der Waals surface area contributed by atoms with E-state index in [9.17, 15) is 19.8 Å². The highest BCUT2D eigenvalue weighted by Gasteiger charge is 2.14. The van der Waals surface area contributed by atoms with Crippen LogP contribution in [0.15, 0.2) is 51.7 Å². The molecule has 2 N–H and O–H groups in total. The van der Waals surface area contributed by atoms with Crippen LogP contribution in [0.3, 0.4) is 0 Å². The maximum atomic E-state index is 12.1. The zero-order valence-corrected chi connectivity index (χ0v) is 12.8. The van der Waals surface area contributed by atoms with Crippen molar-refractivity contribution in [2.45, 2.75) is 13.5 Å². The van der Waals surface area contributed by atoms with Gasteiger partial charge in [-0.3, -0.25) is 0 Å². The molecule has 6 heteroatoms. The maximum Gasteiger partial charge on any atom is 0.342 e. The average Bonchev–Trinajstić information content (AvgIpc) is 2.51. The number of benzene rings is 2. The molecule has 0 saturated carbocycles. The zero-order valence-electron chi connectivity index (χ0n) is 12.8. The van der Waals surface area contributed by atoms with Gasteiger partial charge in [-0.1, -0.05) is 12.1 Å². The number of esters is 1. The van der Waals surface area contributed by atoms with Crippen LogP contribution in [0.5, 0.6) is 11.5 Å².